The fraction of sp³-hybridized carbons (Fsp3) is 0.533. The second-order valence-corrected chi connectivity index (χ2v) is 4.53. The summed E-state index contributed by atoms with van der Waals surface area (Å²) in [4.78, 5) is 11.7. The van der Waals surface area contributed by atoms with Crippen molar-refractivity contribution in [2.75, 3.05) is 6.61 Å². The smallest absolute Gasteiger partial charge is 0.162 e. The fourth-order valence-corrected chi connectivity index (χ4v) is 1.72. The van der Waals surface area contributed by atoms with Gasteiger partial charge in [0.2, 0.25) is 0 Å². The van der Waals surface area contributed by atoms with E-state index >= 15 is 0 Å². The first kappa shape index (κ1) is 13.8. The summed E-state index contributed by atoms with van der Waals surface area (Å²) < 4.78 is 5.70. The topological polar surface area (TPSA) is 26.3 Å². The van der Waals surface area contributed by atoms with Crippen molar-refractivity contribution in [3.63, 3.8) is 0 Å². The molecule has 0 radical (unpaired) electrons. The molecule has 1 rings (SSSR count). The average molecular weight is 234 g/mol. The van der Waals surface area contributed by atoms with Crippen LogP contribution in [-0.2, 0) is 0 Å². The molecule has 0 amide bonds. The maximum atomic E-state index is 11.7. The van der Waals surface area contributed by atoms with E-state index in [9.17, 15) is 4.79 Å². The van der Waals surface area contributed by atoms with Gasteiger partial charge in [0.25, 0.3) is 0 Å². The lowest BCUT2D eigenvalue weighted by atomic mass is 9.97. The van der Waals surface area contributed by atoms with E-state index in [-0.39, 0.29) is 5.78 Å². The second-order valence-electron chi connectivity index (χ2n) is 4.53. The molecule has 0 aliphatic carbocycles. The van der Waals surface area contributed by atoms with E-state index in [1.54, 1.807) is 0 Å². The van der Waals surface area contributed by atoms with Gasteiger partial charge < -0.3 is 4.74 Å². The molecule has 0 unspecified atom stereocenters. The van der Waals surface area contributed by atoms with Gasteiger partial charge in [0.05, 0.1) is 6.61 Å². The van der Waals surface area contributed by atoms with Crippen LogP contribution in [0.3, 0.4) is 0 Å². The molecule has 0 atom stereocenters. The van der Waals surface area contributed by atoms with Gasteiger partial charge in [0.1, 0.15) is 5.75 Å². The van der Waals surface area contributed by atoms with Gasteiger partial charge in [-0.2, -0.15) is 0 Å². The summed E-state index contributed by atoms with van der Waals surface area (Å²) in [5, 5.41) is 0. The molecule has 0 aliphatic heterocycles. The number of hydrogen-bond acceptors (Lipinski definition) is 2. The quantitative estimate of drug-likeness (QED) is 0.690. The largest absolute Gasteiger partial charge is 0.493 e. The SMILES string of the molecule is CCCOc1ccc(C(=O)CC)cc1C(C)C. The highest BCUT2D eigenvalue weighted by molar-refractivity contribution is 5.96. The molecule has 1 aromatic carbocycles. The third-order valence-electron chi connectivity index (χ3n) is 2.74. The highest BCUT2D eigenvalue weighted by atomic mass is 16.5. The summed E-state index contributed by atoms with van der Waals surface area (Å²) in [7, 11) is 0. The average Bonchev–Trinajstić information content (AvgIpc) is 2.35. The Labute approximate surface area is 104 Å². The number of ether oxygens (including phenoxy) is 1. The molecule has 17 heavy (non-hydrogen) atoms. The molecular weight excluding hydrogens is 212 g/mol. The maximum absolute atomic E-state index is 11.7. The third kappa shape index (κ3) is 3.58. The molecule has 1 aromatic rings. The summed E-state index contributed by atoms with van der Waals surface area (Å²) in [6, 6.07) is 5.76. The standard InChI is InChI=1S/C15H22O2/c1-5-9-17-15-8-7-12(14(16)6-2)10-13(15)11(3)4/h7-8,10-11H,5-6,9H2,1-4H3. The Balaban J connectivity index is 3.03. The molecule has 0 bridgehead atoms. The normalized spacial score (nSPS) is 10.6. The molecule has 0 heterocycles. The molecule has 94 valence electrons. The number of benzene rings is 1. The van der Waals surface area contributed by atoms with Gasteiger partial charge >= 0.3 is 0 Å². The van der Waals surface area contributed by atoms with Gasteiger partial charge in [-0.25, -0.2) is 0 Å². The molecule has 2 heteroatoms. The van der Waals surface area contributed by atoms with Crippen molar-refractivity contribution >= 4 is 5.78 Å². The van der Waals surface area contributed by atoms with E-state index in [0.717, 1.165) is 29.9 Å². The molecule has 2 nitrogen and oxygen atoms in total. The van der Waals surface area contributed by atoms with Crippen LogP contribution in [0.4, 0.5) is 0 Å². The van der Waals surface area contributed by atoms with Crippen LogP contribution in [0.2, 0.25) is 0 Å². The van der Waals surface area contributed by atoms with E-state index in [1.807, 2.05) is 25.1 Å². The lowest BCUT2D eigenvalue weighted by molar-refractivity contribution is 0.0988. The van der Waals surface area contributed by atoms with E-state index in [4.69, 9.17) is 4.74 Å². The van der Waals surface area contributed by atoms with Gasteiger partial charge in [-0.15, -0.1) is 0 Å². The van der Waals surface area contributed by atoms with Crippen molar-refractivity contribution in [3.05, 3.63) is 29.3 Å². The zero-order valence-electron chi connectivity index (χ0n) is 11.2. The Kier molecular flexibility index (Phi) is 5.20. The highest BCUT2D eigenvalue weighted by Gasteiger charge is 2.11. The Morgan fingerprint density at radius 2 is 2.00 bits per heavy atom. The number of carbonyl (C=O) groups is 1. The van der Waals surface area contributed by atoms with Gasteiger partial charge in [0, 0.05) is 12.0 Å². The van der Waals surface area contributed by atoms with Crippen LogP contribution in [0.25, 0.3) is 0 Å². The van der Waals surface area contributed by atoms with Crippen LogP contribution >= 0.6 is 0 Å². The number of rotatable bonds is 6. The maximum Gasteiger partial charge on any atom is 0.162 e. The summed E-state index contributed by atoms with van der Waals surface area (Å²) in [6.07, 6.45) is 1.54. The minimum absolute atomic E-state index is 0.189. The van der Waals surface area contributed by atoms with Gasteiger partial charge in [0.15, 0.2) is 5.78 Å². The van der Waals surface area contributed by atoms with Crippen LogP contribution < -0.4 is 4.74 Å². The number of hydrogen-bond donors (Lipinski definition) is 0. The first-order valence-electron chi connectivity index (χ1n) is 6.40. The molecule has 0 fully saturated rings. The molecule has 0 saturated carbocycles. The Morgan fingerprint density at radius 1 is 1.29 bits per heavy atom. The van der Waals surface area contributed by atoms with Crippen molar-refractivity contribution in [1.29, 1.82) is 0 Å². The first-order valence-corrected chi connectivity index (χ1v) is 6.40. The van der Waals surface area contributed by atoms with Crippen LogP contribution in [-0.4, -0.2) is 12.4 Å². The second kappa shape index (κ2) is 6.43. The first-order chi connectivity index (χ1) is 8.10. The predicted octanol–water partition coefficient (Wildman–Crippen LogP) is 4.19. The molecule has 0 N–H and O–H groups in total. The van der Waals surface area contributed by atoms with Crippen LogP contribution in [0, 0.1) is 0 Å². The molecule has 0 saturated heterocycles. The van der Waals surface area contributed by atoms with Crippen LogP contribution in [0.1, 0.15) is 62.4 Å². The number of Topliss-reactive ketones (excluding diaryl/α,β-unsaturated/α-hetero) is 1. The lowest BCUT2D eigenvalue weighted by Gasteiger charge is -2.14. The van der Waals surface area contributed by atoms with Gasteiger partial charge in [-0.1, -0.05) is 27.7 Å². The molecule has 0 aliphatic rings. The Hall–Kier alpha value is -1.31. The third-order valence-corrected chi connectivity index (χ3v) is 2.74. The van der Waals surface area contributed by atoms with E-state index in [2.05, 4.69) is 20.8 Å². The molecule has 0 aromatic heterocycles. The van der Waals surface area contributed by atoms with Crippen molar-refractivity contribution in [2.45, 2.75) is 46.5 Å². The highest BCUT2D eigenvalue weighted by Crippen LogP contribution is 2.28. The van der Waals surface area contributed by atoms with Crippen molar-refractivity contribution < 1.29 is 9.53 Å². The number of ketones is 1. The Bertz CT molecular complexity index is 381. The van der Waals surface area contributed by atoms with Gasteiger partial charge in [-0.05, 0) is 36.1 Å². The minimum atomic E-state index is 0.189. The predicted molar refractivity (Wildman–Crippen MR) is 70.9 cm³/mol. The van der Waals surface area contributed by atoms with Crippen LogP contribution in [0.5, 0.6) is 5.75 Å². The van der Waals surface area contributed by atoms with E-state index in [1.165, 1.54) is 0 Å². The van der Waals surface area contributed by atoms with E-state index < -0.39 is 0 Å². The van der Waals surface area contributed by atoms with Crippen molar-refractivity contribution in [2.24, 2.45) is 0 Å². The Morgan fingerprint density at radius 3 is 2.53 bits per heavy atom. The van der Waals surface area contributed by atoms with Crippen molar-refractivity contribution in [3.8, 4) is 5.75 Å². The lowest BCUT2D eigenvalue weighted by Crippen LogP contribution is -2.03. The summed E-state index contributed by atoms with van der Waals surface area (Å²) in [5.41, 5.74) is 1.91. The minimum Gasteiger partial charge on any atom is -0.493 e. The zero-order chi connectivity index (χ0) is 12.8. The summed E-state index contributed by atoms with van der Waals surface area (Å²) >= 11 is 0. The van der Waals surface area contributed by atoms with Crippen molar-refractivity contribution in [1.82, 2.24) is 0 Å². The van der Waals surface area contributed by atoms with Gasteiger partial charge in [-0.3, -0.25) is 4.79 Å². The zero-order valence-corrected chi connectivity index (χ0v) is 11.2. The summed E-state index contributed by atoms with van der Waals surface area (Å²) in [5.74, 6) is 1.47. The molecule has 0 spiro atoms. The summed E-state index contributed by atoms with van der Waals surface area (Å²) in [6.45, 7) is 8.94. The fourth-order valence-electron chi connectivity index (χ4n) is 1.72. The molecular formula is C15H22O2. The van der Waals surface area contributed by atoms with Crippen LogP contribution in [0.15, 0.2) is 18.2 Å². The number of carbonyl (C=O) groups excluding carboxylic acids is 1. The monoisotopic (exact) mass is 234 g/mol. The van der Waals surface area contributed by atoms with E-state index in [0.29, 0.717) is 12.3 Å².